The van der Waals surface area contributed by atoms with E-state index in [1.165, 1.54) is 7.11 Å². The summed E-state index contributed by atoms with van der Waals surface area (Å²) >= 11 is 0. The molecule has 0 bridgehead atoms. The van der Waals surface area contributed by atoms with Crippen LogP contribution < -0.4 is 10.1 Å². The lowest BCUT2D eigenvalue weighted by Gasteiger charge is -2.35. The SMILES string of the molecule is COCC(=O)Nc1ccc2c(c1)C(=O)N(C)C[C@@H](OC)[C@H](C)CN(Cc1ccccn1)[C@@H](C)CO2. The highest BCUT2D eigenvalue weighted by Crippen LogP contribution is 2.26. The Bertz CT molecular complexity index is 987. The van der Waals surface area contributed by atoms with Crippen LogP contribution in [0.25, 0.3) is 0 Å². The van der Waals surface area contributed by atoms with Crippen molar-refractivity contribution in [1.82, 2.24) is 14.8 Å². The Kier molecular flexibility index (Phi) is 9.59. The van der Waals surface area contributed by atoms with E-state index in [2.05, 4.69) is 29.0 Å². The number of pyridine rings is 1. The van der Waals surface area contributed by atoms with Crippen molar-refractivity contribution in [3.05, 3.63) is 53.9 Å². The van der Waals surface area contributed by atoms with Gasteiger partial charge < -0.3 is 24.4 Å². The van der Waals surface area contributed by atoms with Crippen LogP contribution in [0.4, 0.5) is 5.69 Å². The van der Waals surface area contributed by atoms with Crippen LogP contribution >= 0.6 is 0 Å². The third-order valence-electron chi connectivity index (χ3n) is 6.22. The Hall–Kier alpha value is -3.01. The molecule has 3 rings (SSSR count). The number of carbonyl (C=O) groups is 2. The van der Waals surface area contributed by atoms with Crippen molar-refractivity contribution < 1.29 is 23.8 Å². The zero-order valence-electron chi connectivity index (χ0n) is 21.2. The number of likely N-dealkylation sites (N-methyl/N-ethyl adjacent to an activating group) is 1. The number of amides is 2. The minimum atomic E-state index is -0.297. The molecule has 1 aromatic heterocycles. The van der Waals surface area contributed by atoms with Crippen molar-refractivity contribution in [3.63, 3.8) is 0 Å². The fourth-order valence-electron chi connectivity index (χ4n) is 4.18. The average Bonchev–Trinajstić information content (AvgIpc) is 2.85. The zero-order valence-corrected chi connectivity index (χ0v) is 21.2. The van der Waals surface area contributed by atoms with Crippen molar-refractivity contribution in [2.75, 3.05) is 52.9 Å². The van der Waals surface area contributed by atoms with Gasteiger partial charge in [-0.2, -0.15) is 0 Å². The highest BCUT2D eigenvalue weighted by Gasteiger charge is 2.28. The molecule has 9 heteroatoms. The number of anilines is 1. The third kappa shape index (κ3) is 7.24. The summed E-state index contributed by atoms with van der Waals surface area (Å²) in [5.41, 5.74) is 1.87. The Labute approximate surface area is 207 Å². The van der Waals surface area contributed by atoms with Gasteiger partial charge in [-0.15, -0.1) is 0 Å². The van der Waals surface area contributed by atoms with Crippen LogP contribution in [-0.2, 0) is 20.8 Å². The van der Waals surface area contributed by atoms with E-state index in [0.717, 1.165) is 12.2 Å². The Morgan fingerprint density at radius 1 is 1.20 bits per heavy atom. The van der Waals surface area contributed by atoms with Gasteiger partial charge in [-0.25, -0.2) is 0 Å². The molecule has 190 valence electrons. The van der Waals surface area contributed by atoms with Crippen LogP contribution in [-0.4, -0.2) is 86.3 Å². The molecule has 3 atom stereocenters. The van der Waals surface area contributed by atoms with Crippen molar-refractivity contribution >= 4 is 17.5 Å². The Balaban J connectivity index is 1.92. The van der Waals surface area contributed by atoms with Crippen molar-refractivity contribution in [3.8, 4) is 5.75 Å². The molecule has 2 aromatic rings. The molecule has 35 heavy (non-hydrogen) atoms. The van der Waals surface area contributed by atoms with Gasteiger partial charge >= 0.3 is 0 Å². The molecule has 9 nitrogen and oxygen atoms in total. The lowest BCUT2D eigenvalue weighted by molar-refractivity contribution is -0.119. The lowest BCUT2D eigenvalue weighted by atomic mass is 10.0. The first-order valence-corrected chi connectivity index (χ1v) is 11.8. The number of nitrogens with one attached hydrogen (secondary N) is 1. The zero-order chi connectivity index (χ0) is 25.4. The molecule has 0 fully saturated rings. The minimum Gasteiger partial charge on any atom is -0.491 e. The van der Waals surface area contributed by atoms with E-state index < -0.39 is 0 Å². The average molecular weight is 485 g/mol. The molecule has 0 saturated carbocycles. The number of hydrogen-bond donors (Lipinski definition) is 1. The monoisotopic (exact) mass is 484 g/mol. The standard InChI is InChI=1S/C26H36N4O5/c1-18-13-30(14-21-8-6-7-11-27-21)19(2)16-35-23-10-9-20(28-25(31)17-33-4)12-22(23)26(32)29(3)15-24(18)34-5/h6-12,18-19,24H,13-17H2,1-5H3,(H,28,31)/t18-,19+,24-/m1/s1. The molecule has 1 aliphatic rings. The minimum absolute atomic E-state index is 0.0538. The predicted octanol–water partition coefficient (Wildman–Crippen LogP) is 2.67. The maximum atomic E-state index is 13.4. The van der Waals surface area contributed by atoms with Crippen molar-refractivity contribution in [2.45, 2.75) is 32.5 Å². The molecule has 0 aliphatic carbocycles. The largest absolute Gasteiger partial charge is 0.491 e. The van der Waals surface area contributed by atoms with Crippen LogP contribution in [0.3, 0.4) is 0 Å². The van der Waals surface area contributed by atoms with Crippen LogP contribution in [0, 0.1) is 5.92 Å². The number of nitrogens with zero attached hydrogens (tertiary/aromatic N) is 3. The first-order valence-electron chi connectivity index (χ1n) is 11.8. The Morgan fingerprint density at radius 3 is 2.69 bits per heavy atom. The Morgan fingerprint density at radius 2 is 2.00 bits per heavy atom. The first kappa shape index (κ1) is 26.6. The fraction of sp³-hybridized carbons (Fsp3) is 0.500. The number of methoxy groups -OCH3 is 2. The number of aromatic nitrogens is 1. The van der Waals surface area contributed by atoms with Gasteiger partial charge in [0, 0.05) is 58.8 Å². The topological polar surface area (TPSA) is 93.2 Å². The summed E-state index contributed by atoms with van der Waals surface area (Å²) in [4.78, 5) is 33.9. The van der Waals surface area contributed by atoms with Crippen LogP contribution in [0.5, 0.6) is 5.75 Å². The summed E-state index contributed by atoms with van der Waals surface area (Å²) < 4.78 is 16.9. The molecule has 1 N–H and O–H groups in total. The lowest BCUT2D eigenvalue weighted by Crippen LogP contribution is -2.46. The maximum Gasteiger partial charge on any atom is 0.257 e. The van der Waals surface area contributed by atoms with E-state index in [4.69, 9.17) is 14.2 Å². The number of fused-ring (bicyclic) bond motifs is 1. The summed E-state index contributed by atoms with van der Waals surface area (Å²) in [5.74, 6) is 0.129. The second kappa shape index (κ2) is 12.6. The third-order valence-corrected chi connectivity index (χ3v) is 6.22. The molecular weight excluding hydrogens is 448 g/mol. The number of carbonyl (C=O) groups excluding carboxylic acids is 2. The number of ether oxygens (including phenoxy) is 3. The molecule has 0 saturated heterocycles. The fourth-order valence-corrected chi connectivity index (χ4v) is 4.18. The number of benzene rings is 1. The normalized spacial score (nSPS) is 21.9. The summed E-state index contributed by atoms with van der Waals surface area (Å²) in [6.07, 6.45) is 1.64. The van der Waals surface area contributed by atoms with Crippen LogP contribution in [0.1, 0.15) is 29.9 Å². The van der Waals surface area contributed by atoms with E-state index in [-0.39, 0.29) is 36.5 Å². The van der Waals surface area contributed by atoms with Crippen LogP contribution in [0.15, 0.2) is 42.6 Å². The molecular formula is C26H36N4O5. The van der Waals surface area contributed by atoms with Crippen molar-refractivity contribution in [1.29, 1.82) is 0 Å². The maximum absolute atomic E-state index is 13.4. The highest BCUT2D eigenvalue weighted by molar-refractivity contribution is 5.99. The summed E-state index contributed by atoms with van der Waals surface area (Å²) in [7, 11) is 4.88. The summed E-state index contributed by atoms with van der Waals surface area (Å²) in [5, 5.41) is 2.75. The number of hydrogen-bond acceptors (Lipinski definition) is 7. The van der Waals surface area contributed by atoms with E-state index >= 15 is 0 Å². The quantitative estimate of drug-likeness (QED) is 0.674. The van der Waals surface area contributed by atoms with Gasteiger partial charge in [-0.3, -0.25) is 19.5 Å². The van der Waals surface area contributed by atoms with E-state index in [0.29, 0.717) is 36.7 Å². The van der Waals surface area contributed by atoms with Gasteiger partial charge in [0.1, 0.15) is 19.0 Å². The molecule has 0 spiro atoms. The van der Waals surface area contributed by atoms with Gasteiger partial charge in [-0.05, 0) is 43.2 Å². The van der Waals surface area contributed by atoms with Gasteiger partial charge in [0.05, 0.1) is 17.4 Å². The van der Waals surface area contributed by atoms with Crippen molar-refractivity contribution in [2.24, 2.45) is 5.92 Å². The summed E-state index contributed by atoms with van der Waals surface area (Å²) in [6.45, 7) is 6.42. The molecule has 1 aromatic carbocycles. The van der Waals surface area contributed by atoms with Gasteiger partial charge in [0.25, 0.3) is 5.91 Å². The predicted molar refractivity (Wildman–Crippen MR) is 133 cm³/mol. The van der Waals surface area contributed by atoms with Gasteiger partial charge in [0.2, 0.25) is 5.91 Å². The van der Waals surface area contributed by atoms with Gasteiger partial charge in [-0.1, -0.05) is 13.0 Å². The van der Waals surface area contributed by atoms with Crippen LogP contribution in [0.2, 0.25) is 0 Å². The number of rotatable bonds is 6. The molecule has 0 radical (unpaired) electrons. The highest BCUT2D eigenvalue weighted by atomic mass is 16.5. The first-order chi connectivity index (χ1) is 16.8. The second-order valence-corrected chi connectivity index (χ2v) is 9.04. The molecule has 2 heterocycles. The smallest absolute Gasteiger partial charge is 0.257 e. The van der Waals surface area contributed by atoms with E-state index in [1.807, 2.05) is 18.2 Å². The van der Waals surface area contributed by atoms with Gasteiger partial charge in [0.15, 0.2) is 0 Å². The van der Waals surface area contributed by atoms with E-state index in [9.17, 15) is 9.59 Å². The second-order valence-electron chi connectivity index (χ2n) is 9.04. The molecule has 1 aliphatic heterocycles. The molecule has 0 unspecified atom stereocenters. The summed E-state index contributed by atoms with van der Waals surface area (Å²) in [6, 6.07) is 11.1. The molecule has 2 amide bonds. The van der Waals surface area contributed by atoms with E-state index in [1.54, 1.807) is 43.5 Å².